The van der Waals surface area contributed by atoms with Gasteiger partial charge in [-0.3, -0.25) is 0 Å². The van der Waals surface area contributed by atoms with E-state index in [0.29, 0.717) is 41.3 Å². The van der Waals surface area contributed by atoms with Crippen molar-refractivity contribution >= 4 is 23.2 Å². The number of nitrogens with zero attached hydrogens (tertiary/aromatic N) is 2. The molecule has 0 saturated carbocycles. The molecule has 1 aromatic heterocycles. The number of benzene rings is 1. The SMILES string of the molecule is C=CCNCc1nc(Cc2c(Cl)cccc2Cl)no1. The van der Waals surface area contributed by atoms with E-state index in [2.05, 4.69) is 22.0 Å². The molecular formula is C13H13Cl2N3O. The predicted octanol–water partition coefficient (Wildman–Crippen LogP) is 3.24. The van der Waals surface area contributed by atoms with E-state index in [1.54, 1.807) is 24.3 Å². The number of hydrogen-bond acceptors (Lipinski definition) is 4. The second kappa shape index (κ2) is 6.70. The molecule has 0 saturated heterocycles. The van der Waals surface area contributed by atoms with Gasteiger partial charge in [0.05, 0.1) is 6.54 Å². The van der Waals surface area contributed by atoms with Gasteiger partial charge < -0.3 is 9.84 Å². The van der Waals surface area contributed by atoms with E-state index < -0.39 is 0 Å². The molecule has 0 spiro atoms. The molecule has 2 aromatic rings. The van der Waals surface area contributed by atoms with Gasteiger partial charge in [-0.05, 0) is 17.7 Å². The lowest BCUT2D eigenvalue weighted by molar-refractivity contribution is 0.366. The van der Waals surface area contributed by atoms with Crippen molar-refractivity contribution in [1.29, 1.82) is 0 Å². The Labute approximate surface area is 121 Å². The van der Waals surface area contributed by atoms with Crippen LogP contribution in [-0.4, -0.2) is 16.7 Å². The lowest BCUT2D eigenvalue weighted by Crippen LogP contribution is -2.12. The van der Waals surface area contributed by atoms with Gasteiger partial charge in [0.2, 0.25) is 5.89 Å². The smallest absolute Gasteiger partial charge is 0.240 e. The van der Waals surface area contributed by atoms with Crippen LogP contribution in [0.15, 0.2) is 35.4 Å². The molecule has 2 rings (SSSR count). The van der Waals surface area contributed by atoms with Crippen LogP contribution in [0.5, 0.6) is 0 Å². The zero-order chi connectivity index (χ0) is 13.7. The molecule has 1 heterocycles. The monoisotopic (exact) mass is 297 g/mol. The molecule has 100 valence electrons. The lowest BCUT2D eigenvalue weighted by Gasteiger charge is -2.03. The number of halogens is 2. The summed E-state index contributed by atoms with van der Waals surface area (Å²) in [4.78, 5) is 4.27. The minimum absolute atomic E-state index is 0.448. The highest BCUT2D eigenvalue weighted by Crippen LogP contribution is 2.26. The number of hydrogen-bond donors (Lipinski definition) is 1. The number of aromatic nitrogens is 2. The molecule has 19 heavy (non-hydrogen) atoms. The third-order valence-electron chi connectivity index (χ3n) is 2.47. The van der Waals surface area contributed by atoms with Crippen molar-refractivity contribution in [2.24, 2.45) is 0 Å². The van der Waals surface area contributed by atoms with Crippen LogP contribution in [0.1, 0.15) is 17.3 Å². The van der Waals surface area contributed by atoms with Gasteiger partial charge in [-0.25, -0.2) is 0 Å². The van der Waals surface area contributed by atoms with Crippen LogP contribution in [0.2, 0.25) is 10.0 Å². The standard InChI is InChI=1S/C13H13Cl2N3O/c1-2-6-16-8-13-17-12(18-19-13)7-9-10(14)4-3-5-11(9)15/h2-5,16H,1,6-8H2. The van der Waals surface area contributed by atoms with Gasteiger partial charge in [0.1, 0.15) is 0 Å². The van der Waals surface area contributed by atoms with Crippen LogP contribution in [0.3, 0.4) is 0 Å². The Kier molecular flexibility index (Phi) is 4.96. The van der Waals surface area contributed by atoms with Gasteiger partial charge in [0, 0.05) is 23.0 Å². The third-order valence-corrected chi connectivity index (χ3v) is 3.18. The summed E-state index contributed by atoms with van der Waals surface area (Å²) in [5.74, 6) is 1.09. The average Bonchev–Trinajstić information content (AvgIpc) is 2.82. The summed E-state index contributed by atoms with van der Waals surface area (Å²) in [6.45, 7) is 4.81. The molecule has 0 unspecified atom stereocenters. The minimum Gasteiger partial charge on any atom is -0.338 e. The zero-order valence-corrected chi connectivity index (χ0v) is 11.7. The quantitative estimate of drug-likeness (QED) is 0.657. The van der Waals surface area contributed by atoms with Gasteiger partial charge in [0.25, 0.3) is 0 Å². The van der Waals surface area contributed by atoms with Crippen LogP contribution in [0.25, 0.3) is 0 Å². The molecule has 0 amide bonds. The molecule has 0 radical (unpaired) electrons. The van der Waals surface area contributed by atoms with Gasteiger partial charge in [-0.15, -0.1) is 6.58 Å². The first kappa shape index (κ1) is 14.1. The van der Waals surface area contributed by atoms with E-state index in [1.807, 2.05) is 0 Å². The highest BCUT2D eigenvalue weighted by Gasteiger charge is 2.11. The minimum atomic E-state index is 0.448. The van der Waals surface area contributed by atoms with E-state index in [1.165, 1.54) is 0 Å². The maximum absolute atomic E-state index is 6.09. The Morgan fingerprint density at radius 3 is 2.74 bits per heavy atom. The molecule has 0 aliphatic carbocycles. The summed E-state index contributed by atoms with van der Waals surface area (Å²) in [6, 6.07) is 5.37. The largest absolute Gasteiger partial charge is 0.338 e. The van der Waals surface area contributed by atoms with E-state index in [0.717, 1.165) is 5.56 Å². The lowest BCUT2D eigenvalue weighted by atomic mass is 10.1. The maximum Gasteiger partial charge on any atom is 0.240 e. The molecule has 0 fully saturated rings. The van der Waals surface area contributed by atoms with Crippen molar-refractivity contribution in [3.8, 4) is 0 Å². The first-order valence-corrected chi connectivity index (χ1v) is 6.52. The second-order valence-corrected chi connectivity index (χ2v) is 4.72. The van der Waals surface area contributed by atoms with Crippen LogP contribution in [-0.2, 0) is 13.0 Å². The molecular weight excluding hydrogens is 285 g/mol. The van der Waals surface area contributed by atoms with E-state index >= 15 is 0 Å². The van der Waals surface area contributed by atoms with Crippen LogP contribution < -0.4 is 5.32 Å². The van der Waals surface area contributed by atoms with Crippen molar-refractivity contribution in [3.63, 3.8) is 0 Å². The predicted molar refractivity (Wildman–Crippen MR) is 75.5 cm³/mol. The topological polar surface area (TPSA) is 51.0 Å². The first-order chi connectivity index (χ1) is 9.20. The van der Waals surface area contributed by atoms with Crippen molar-refractivity contribution in [2.75, 3.05) is 6.54 Å². The molecule has 0 aliphatic heterocycles. The Hall–Kier alpha value is -1.36. The zero-order valence-electron chi connectivity index (χ0n) is 10.2. The van der Waals surface area contributed by atoms with Gasteiger partial charge in [-0.1, -0.05) is 40.5 Å². The summed E-state index contributed by atoms with van der Waals surface area (Å²) in [5, 5.41) is 8.19. The Balaban J connectivity index is 2.05. The Morgan fingerprint density at radius 2 is 2.05 bits per heavy atom. The summed E-state index contributed by atoms with van der Waals surface area (Å²) in [6.07, 6.45) is 2.21. The average molecular weight is 298 g/mol. The normalized spacial score (nSPS) is 10.6. The van der Waals surface area contributed by atoms with Crippen LogP contribution in [0, 0.1) is 0 Å². The van der Waals surface area contributed by atoms with E-state index in [9.17, 15) is 0 Å². The molecule has 6 heteroatoms. The first-order valence-electron chi connectivity index (χ1n) is 5.76. The summed E-state index contributed by atoms with van der Waals surface area (Å²) in [5.41, 5.74) is 0.803. The number of rotatable bonds is 6. The fraction of sp³-hybridized carbons (Fsp3) is 0.231. The fourth-order valence-electron chi connectivity index (χ4n) is 1.57. The molecule has 1 N–H and O–H groups in total. The molecule has 0 atom stereocenters. The van der Waals surface area contributed by atoms with Crippen molar-refractivity contribution < 1.29 is 4.52 Å². The highest BCUT2D eigenvalue weighted by molar-refractivity contribution is 6.36. The Morgan fingerprint density at radius 1 is 1.32 bits per heavy atom. The second-order valence-electron chi connectivity index (χ2n) is 3.90. The Bertz CT molecular complexity index is 549. The van der Waals surface area contributed by atoms with Gasteiger partial charge >= 0.3 is 0 Å². The van der Waals surface area contributed by atoms with E-state index in [-0.39, 0.29) is 0 Å². The molecule has 0 aliphatic rings. The van der Waals surface area contributed by atoms with Crippen molar-refractivity contribution in [2.45, 2.75) is 13.0 Å². The third kappa shape index (κ3) is 3.80. The van der Waals surface area contributed by atoms with Gasteiger partial charge in [-0.2, -0.15) is 4.98 Å². The van der Waals surface area contributed by atoms with Crippen molar-refractivity contribution in [3.05, 3.63) is 58.2 Å². The summed E-state index contributed by atoms with van der Waals surface area (Å²) >= 11 is 12.2. The van der Waals surface area contributed by atoms with Crippen molar-refractivity contribution in [1.82, 2.24) is 15.5 Å². The molecule has 4 nitrogen and oxygen atoms in total. The molecule has 1 aromatic carbocycles. The number of nitrogens with one attached hydrogen (secondary N) is 1. The van der Waals surface area contributed by atoms with Crippen LogP contribution >= 0.6 is 23.2 Å². The maximum atomic E-state index is 6.09. The highest BCUT2D eigenvalue weighted by atomic mass is 35.5. The fourth-order valence-corrected chi connectivity index (χ4v) is 2.11. The van der Waals surface area contributed by atoms with Gasteiger partial charge in [0.15, 0.2) is 5.82 Å². The van der Waals surface area contributed by atoms with Crippen LogP contribution in [0.4, 0.5) is 0 Å². The summed E-state index contributed by atoms with van der Waals surface area (Å²) < 4.78 is 5.12. The summed E-state index contributed by atoms with van der Waals surface area (Å²) in [7, 11) is 0. The molecule has 0 bridgehead atoms. The van der Waals surface area contributed by atoms with E-state index in [4.69, 9.17) is 27.7 Å².